The number of carbonyl (C=O) groups excluding carboxylic acids is 1. The number of fused-ring (bicyclic) bond motifs is 1. The molecule has 1 heterocycles. The number of hydrogen-bond donors (Lipinski definition) is 2. The van der Waals surface area contributed by atoms with Gasteiger partial charge in [-0.2, -0.15) is 5.10 Å². The Kier molecular flexibility index (Phi) is 4.15. The van der Waals surface area contributed by atoms with Crippen LogP contribution in [-0.4, -0.2) is 17.1 Å². The summed E-state index contributed by atoms with van der Waals surface area (Å²) in [4.78, 5) is 15.1. The highest BCUT2D eigenvalue weighted by molar-refractivity contribution is 5.84. The van der Waals surface area contributed by atoms with Crippen molar-refractivity contribution in [2.24, 2.45) is 11.0 Å². The first kappa shape index (κ1) is 13.6. The van der Waals surface area contributed by atoms with Gasteiger partial charge in [0.05, 0.1) is 6.42 Å². The Hall–Kier alpha value is -2.36. The Bertz CT molecular complexity index is 651. The van der Waals surface area contributed by atoms with Crippen LogP contribution < -0.4 is 5.43 Å². The zero-order chi connectivity index (χ0) is 14.5. The van der Waals surface area contributed by atoms with Crippen LogP contribution in [-0.2, 0) is 11.2 Å². The average molecular weight is 281 g/mol. The largest absolute Gasteiger partial charge is 0.358 e. The summed E-state index contributed by atoms with van der Waals surface area (Å²) in [5.74, 6) is 0.354. The molecular formula is C17H19N3O. The molecule has 4 heteroatoms. The van der Waals surface area contributed by atoms with E-state index in [0.717, 1.165) is 35.9 Å². The maximum Gasteiger partial charge on any atom is 0.245 e. The van der Waals surface area contributed by atoms with Gasteiger partial charge in [0.25, 0.3) is 0 Å². The average Bonchev–Trinajstić information content (AvgIpc) is 2.90. The van der Waals surface area contributed by atoms with Crippen LogP contribution in [0.5, 0.6) is 0 Å². The second-order valence-electron chi connectivity index (χ2n) is 5.42. The molecule has 21 heavy (non-hydrogen) atoms. The first-order valence-electron chi connectivity index (χ1n) is 7.35. The molecule has 2 aromatic rings. The highest BCUT2D eigenvalue weighted by Crippen LogP contribution is 2.16. The summed E-state index contributed by atoms with van der Waals surface area (Å²) in [6.07, 6.45) is 9.76. The molecular weight excluding hydrogens is 262 g/mol. The summed E-state index contributed by atoms with van der Waals surface area (Å²) in [5.41, 5.74) is 4.57. The molecule has 1 aromatic carbocycles. The van der Waals surface area contributed by atoms with Gasteiger partial charge < -0.3 is 4.98 Å². The number of aromatic nitrogens is 1. The van der Waals surface area contributed by atoms with Crippen LogP contribution in [0.25, 0.3) is 10.9 Å². The van der Waals surface area contributed by atoms with E-state index in [9.17, 15) is 4.79 Å². The van der Waals surface area contributed by atoms with Crippen LogP contribution >= 0.6 is 0 Å². The predicted molar refractivity (Wildman–Crippen MR) is 85.1 cm³/mol. The molecule has 1 amide bonds. The van der Waals surface area contributed by atoms with Crippen molar-refractivity contribution in [2.75, 3.05) is 0 Å². The van der Waals surface area contributed by atoms with Gasteiger partial charge in [-0.1, -0.05) is 30.4 Å². The molecule has 1 aromatic heterocycles. The van der Waals surface area contributed by atoms with Crippen LogP contribution in [0.15, 0.2) is 47.6 Å². The lowest BCUT2D eigenvalue weighted by Gasteiger charge is -2.11. The van der Waals surface area contributed by atoms with Gasteiger partial charge in [-0.15, -0.1) is 0 Å². The second-order valence-corrected chi connectivity index (χ2v) is 5.42. The van der Waals surface area contributed by atoms with Gasteiger partial charge in [-0.3, -0.25) is 4.79 Å². The molecule has 0 saturated carbocycles. The van der Waals surface area contributed by atoms with Crippen molar-refractivity contribution >= 4 is 23.0 Å². The highest BCUT2D eigenvalue weighted by Gasteiger charge is 2.08. The first-order chi connectivity index (χ1) is 10.3. The van der Waals surface area contributed by atoms with E-state index in [4.69, 9.17) is 0 Å². The van der Waals surface area contributed by atoms with Gasteiger partial charge in [0.15, 0.2) is 0 Å². The van der Waals surface area contributed by atoms with Crippen molar-refractivity contribution in [3.05, 3.63) is 48.2 Å². The molecule has 1 aliphatic carbocycles. The smallest absolute Gasteiger partial charge is 0.245 e. The van der Waals surface area contributed by atoms with Crippen LogP contribution in [0.1, 0.15) is 25.0 Å². The van der Waals surface area contributed by atoms with Crippen molar-refractivity contribution < 1.29 is 4.79 Å². The van der Waals surface area contributed by atoms with Gasteiger partial charge in [0.1, 0.15) is 0 Å². The number of para-hydroxylation sites is 1. The lowest BCUT2D eigenvalue weighted by Crippen LogP contribution is -2.20. The predicted octanol–water partition coefficient (Wildman–Crippen LogP) is 3.17. The van der Waals surface area contributed by atoms with Gasteiger partial charge in [0, 0.05) is 17.4 Å². The Morgan fingerprint density at radius 2 is 2.29 bits per heavy atom. The fraction of sp³-hybridized carbons (Fsp3) is 0.294. The van der Waals surface area contributed by atoms with E-state index in [-0.39, 0.29) is 5.91 Å². The van der Waals surface area contributed by atoms with Crippen molar-refractivity contribution in [2.45, 2.75) is 25.7 Å². The molecule has 0 bridgehead atoms. The summed E-state index contributed by atoms with van der Waals surface area (Å²) in [6.45, 7) is 0. The molecule has 0 radical (unpaired) electrons. The maximum atomic E-state index is 11.9. The Balaban J connectivity index is 1.53. The SMILES string of the molecule is O=C(Cc1cc2ccccc2[nH]1)N/N=C/C1CC=CCC1. The summed E-state index contributed by atoms with van der Waals surface area (Å²) in [7, 11) is 0. The van der Waals surface area contributed by atoms with Crippen molar-refractivity contribution in [1.29, 1.82) is 0 Å². The van der Waals surface area contributed by atoms with E-state index in [0.29, 0.717) is 12.3 Å². The monoisotopic (exact) mass is 281 g/mol. The number of benzene rings is 1. The third-order valence-electron chi connectivity index (χ3n) is 3.72. The third-order valence-corrected chi connectivity index (χ3v) is 3.72. The van der Waals surface area contributed by atoms with E-state index in [1.54, 1.807) is 0 Å². The van der Waals surface area contributed by atoms with Crippen LogP contribution in [0.2, 0.25) is 0 Å². The molecule has 3 rings (SSSR count). The van der Waals surface area contributed by atoms with Gasteiger partial charge >= 0.3 is 0 Å². The number of hydrogen-bond acceptors (Lipinski definition) is 2. The number of allylic oxidation sites excluding steroid dienone is 2. The van der Waals surface area contributed by atoms with E-state index in [1.807, 2.05) is 36.5 Å². The summed E-state index contributed by atoms with van der Waals surface area (Å²) in [5, 5.41) is 5.20. The molecule has 0 saturated heterocycles. The molecule has 1 aliphatic rings. The fourth-order valence-electron chi connectivity index (χ4n) is 2.61. The summed E-state index contributed by atoms with van der Waals surface area (Å²) in [6, 6.07) is 10.0. The number of nitrogens with zero attached hydrogens (tertiary/aromatic N) is 1. The fourth-order valence-corrected chi connectivity index (χ4v) is 2.61. The molecule has 1 unspecified atom stereocenters. The zero-order valence-corrected chi connectivity index (χ0v) is 11.9. The minimum atomic E-state index is -0.0934. The Morgan fingerprint density at radius 1 is 1.38 bits per heavy atom. The van der Waals surface area contributed by atoms with Gasteiger partial charge in [-0.25, -0.2) is 5.43 Å². The van der Waals surface area contributed by atoms with E-state index in [2.05, 4.69) is 27.7 Å². The molecule has 4 nitrogen and oxygen atoms in total. The number of H-pyrrole nitrogens is 1. The van der Waals surface area contributed by atoms with E-state index >= 15 is 0 Å². The van der Waals surface area contributed by atoms with E-state index in [1.165, 1.54) is 0 Å². The maximum absolute atomic E-state index is 11.9. The van der Waals surface area contributed by atoms with Crippen molar-refractivity contribution in [1.82, 2.24) is 10.4 Å². The number of hydrazone groups is 1. The topological polar surface area (TPSA) is 57.2 Å². The molecule has 0 fully saturated rings. The first-order valence-corrected chi connectivity index (χ1v) is 7.35. The zero-order valence-electron chi connectivity index (χ0n) is 11.9. The highest BCUT2D eigenvalue weighted by atomic mass is 16.2. The Labute approximate surface area is 123 Å². The summed E-state index contributed by atoms with van der Waals surface area (Å²) < 4.78 is 0. The van der Waals surface area contributed by atoms with Crippen LogP contribution in [0.3, 0.4) is 0 Å². The van der Waals surface area contributed by atoms with E-state index < -0.39 is 0 Å². The minimum absolute atomic E-state index is 0.0934. The third kappa shape index (κ3) is 3.60. The molecule has 2 N–H and O–H groups in total. The number of amides is 1. The second kappa shape index (κ2) is 6.39. The number of rotatable bonds is 4. The lowest BCUT2D eigenvalue weighted by molar-refractivity contribution is -0.120. The molecule has 0 spiro atoms. The minimum Gasteiger partial charge on any atom is -0.358 e. The standard InChI is InChI=1S/C17H19N3O/c21-17(20-18-12-13-6-2-1-3-7-13)11-15-10-14-8-4-5-9-16(14)19-15/h1-2,4-5,8-10,12-13,19H,3,6-7,11H2,(H,20,21)/b18-12+. The summed E-state index contributed by atoms with van der Waals surface area (Å²) >= 11 is 0. The van der Waals surface area contributed by atoms with Gasteiger partial charge in [0.2, 0.25) is 5.91 Å². The molecule has 0 aliphatic heterocycles. The van der Waals surface area contributed by atoms with Gasteiger partial charge in [-0.05, 0) is 42.7 Å². The van der Waals surface area contributed by atoms with Crippen LogP contribution in [0, 0.1) is 5.92 Å². The normalized spacial score (nSPS) is 18.4. The van der Waals surface area contributed by atoms with Crippen LogP contribution in [0.4, 0.5) is 0 Å². The Morgan fingerprint density at radius 3 is 3.10 bits per heavy atom. The number of carbonyl (C=O) groups is 1. The van der Waals surface area contributed by atoms with Crippen molar-refractivity contribution in [3.8, 4) is 0 Å². The quantitative estimate of drug-likeness (QED) is 0.505. The molecule has 1 atom stereocenters. The number of aromatic amines is 1. The number of nitrogens with one attached hydrogen (secondary N) is 2. The molecule has 108 valence electrons. The van der Waals surface area contributed by atoms with Crippen molar-refractivity contribution in [3.63, 3.8) is 0 Å². The lowest BCUT2D eigenvalue weighted by atomic mass is 9.96.